The fourth-order valence-corrected chi connectivity index (χ4v) is 3.84. The van der Waals surface area contributed by atoms with E-state index in [0.29, 0.717) is 5.82 Å². The van der Waals surface area contributed by atoms with Gasteiger partial charge in [-0.2, -0.15) is 0 Å². The van der Waals surface area contributed by atoms with E-state index in [1.165, 1.54) is 0 Å². The van der Waals surface area contributed by atoms with Gasteiger partial charge in [0.15, 0.2) is 5.69 Å². The Balaban J connectivity index is 1.55. The maximum atomic E-state index is 11.3. The average molecular weight is 398 g/mol. The van der Waals surface area contributed by atoms with Crippen LogP contribution in [-0.2, 0) is 6.54 Å². The minimum atomic E-state index is -1.12. The van der Waals surface area contributed by atoms with Gasteiger partial charge in [0.05, 0.1) is 11.6 Å². The normalized spacial score (nSPS) is 16.9. The predicted molar refractivity (Wildman–Crippen MR) is 106 cm³/mol. The fraction of sp³-hybridized carbons (Fsp3) is 0.300. The standard InChI is InChI=1S/C20H20ClN5O2/c21-16-5-6-17(24-18(16)20(27)28)25-9-2-4-15(13-25)19-23-8-10-26(19)12-14-3-1-7-22-11-14/h1,3,5-8,10-11,15H,2,4,9,12-13H2,(H,27,28). The Morgan fingerprint density at radius 3 is 2.96 bits per heavy atom. The van der Waals surface area contributed by atoms with Crippen molar-refractivity contribution in [2.24, 2.45) is 0 Å². The number of rotatable bonds is 5. The van der Waals surface area contributed by atoms with Crippen molar-refractivity contribution in [2.75, 3.05) is 18.0 Å². The second-order valence-electron chi connectivity index (χ2n) is 6.86. The topological polar surface area (TPSA) is 84.1 Å². The number of nitrogens with zero attached hydrogens (tertiary/aromatic N) is 5. The SMILES string of the molecule is O=C(O)c1nc(N2CCCC(c3nccn3Cc3cccnc3)C2)ccc1Cl. The van der Waals surface area contributed by atoms with Gasteiger partial charge in [-0.15, -0.1) is 0 Å². The summed E-state index contributed by atoms with van der Waals surface area (Å²) in [6.07, 6.45) is 9.46. The highest BCUT2D eigenvalue weighted by atomic mass is 35.5. The largest absolute Gasteiger partial charge is 0.476 e. The molecule has 1 saturated heterocycles. The van der Waals surface area contributed by atoms with Gasteiger partial charge in [-0.05, 0) is 36.6 Å². The number of aromatic carboxylic acids is 1. The second kappa shape index (κ2) is 7.98. The number of carboxylic acids is 1. The molecule has 0 bridgehead atoms. The highest BCUT2D eigenvalue weighted by Crippen LogP contribution is 2.30. The van der Waals surface area contributed by atoms with Crippen LogP contribution in [0.4, 0.5) is 5.82 Å². The maximum absolute atomic E-state index is 11.3. The zero-order chi connectivity index (χ0) is 19.5. The van der Waals surface area contributed by atoms with E-state index in [1.54, 1.807) is 18.3 Å². The van der Waals surface area contributed by atoms with Crippen LogP contribution in [0.3, 0.4) is 0 Å². The quantitative estimate of drug-likeness (QED) is 0.709. The van der Waals surface area contributed by atoms with Gasteiger partial charge in [0.2, 0.25) is 0 Å². The van der Waals surface area contributed by atoms with Gasteiger partial charge in [0.1, 0.15) is 11.6 Å². The van der Waals surface area contributed by atoms with Crippen molar-refractivity contribution in [1.29, 1.82) is 0 Å². The van der Waals surface area contributed by atoms with Crippen LogP contribution in [0.25, 0.3) is 0 Å². The highest BCUT2D eigenvalue weighted by molar-refractivity contribution is 6.33. The van der Waals surface area contributed by atoms with Crippen molar-refractivity contribution in [1.82, 2.24) is 19.5 Å². The van der Waals surface area contributed by atoms with Crippen LogP contribution in [0.2, 0.25) is 5.02 Å². The molecule has 28 heavy (non-hydrogen) atoms. The molecule has 3 aromatic heterocycles. The molecule has 1 unspecified atom stereocenters. The van der Waals surface area contributed by atoms with E-state index in [9.17, 15) is 9.90 Å². The van der Waals surface area contributed by atoms with Crippen LogP contribution in [0.1, 0.15) is 40.6 Å². The number of aromatic nitrogens is 4. The first-order valence-corrected chi connectivity index (χ1v) is 9.54. The zero-order valence-corrected chi connectivity index (χ0v) is 16.0. The number of piperidine rings is 1. The third-order valence-corrected chi connectivity index (χ3v) is 5.27. The predicted octanol–water partition coefficient (Wildman–Crippen LogP) is 3.46. The number of carboxylic acid groups (broad SMARTS) is 1. The van der Waals surface area contributed by atoms with Gasteiger partial charge >= 0.3 is 5.97 Å². The Labute approximate surface area is 167 Å². The smallest absolute Gasteiger partial charge is 0.356 e. The van der Waals surface area contributed by atoms with E-state index >= 15 is 0 Å². The number of pyridine rings is 2. The van der Waals surface area contributed by atoms with Crippen LogP contribution in [-0.4, -0.2) is 43.7 Å². The van der Waals surface area contributed by atoms with Crippen LogP contribution in [0, 0.1) is 0 Å². The summed E-state index contributed by atoms with van der Waals surface area (Å²) in [6, 6.07) is 7.36. The molecule has 1 N–H and O–H groups in total. The molecular formula is C20H20ClN5O2. The first-order valence-electron chi connectivity index (χ1n) is 9.16. The van der Waals surface area contributed by atoms with Crippen molar-refractivity contribution >= 4 is 23.4 Å². The molecule has 0 aliphatic carbocycles. The Hall–Kier alpha value is -2.93. The number of anilines is 1. The molecule has 1 aliphatic rings. The molecule has 8 heteroatoms. The van der Waals surface area contributed by atoms with Crippen molar-refractivity contribution in [3.8, 4) is 0 Å². The Morgan fingerprint density at radius 1 is 1.29 bits per heavy atom. The van der Waals surface area contributed by atoms with Crippen molar-refractivity contribution in [3.05, 3.63) is 71.2 Å². The van der Waals surface area contributed by atoms with E-state index in [2.05, 4.69) is 30.5 Å². The molecule has 4 rings (SSSR count). The van der Waals surface area contributed by atoms with Crippen molar-refractivity contribution in [2.45, 2.75) is 25.3 Å². The lowest BCUT2D eigenvalue weighted by Crippen LogP contribution is -2.36. The van der Waals surface area contributed by atoms with Crippen molar-refractivity contribution in [3.63, 3.8) is 0 Å². The minimum Gasteiger partial charge on any atom is -0.476 e. The molecule has 0 radical (unpaired) electrons. The lowest BCUT2D eigenvalue weighted by atomic mass is 9.97. The summed E-state index contributed by atoms with van der Waals surface area (Å²) in [5, 5.41) is 9.43. The Kier molecular flexibility index (Phi) is 5.25. The molecular weight excluding hydrogens is 378 g/mol. The first kappa shape index (κ1) is 18.4. The van der Waals surface area contributed by atoms with Crippen LogP contribution in [0.15, 0.2) is 49.1 Å². The first-order chi connectivity index (χ1) is 13.6. The number of hydrogen-bond donors (Lipinski definition) is 1. The minimum absolute atomic E-state index is 0.112. The number of carbonyl (C=O) groups is 1. The molecule has 1 atom stereocenters. The van der Waals surface area contributed by atoms with Gasteiger partial charge in [-0.1, -0.05) is 17.7 Å². The Bertz CT molecular complexity index is 976. The summed E-state index contributed by atoms with van der Waals surface area (Å²) >= 11 is 5.96. The summed E-state index contributed by atoms with van der Waals surface area (Å²) in [6.45, 7) is 2.29. The molecule has 0 spiro atoms. The molecule has 7 nitrogen and oxygen atoms in total. The second-order valence-corrected chi connectivity index (χ2v) is 7.27. The summed E-state index contributed by atoms with van der Waals surface area (Å²) in [4.78, 5) is 26.5. The third-order valence-electron chi connectivity index (χ3n) is 4.97. The zero-order valence-electron chi connectivity index (χ0n) is 15.2. The molecule has 0 saturated carbocycles. The lowest BCUT2D eigenvalue weighted by molar-refractivity contribution is 0.0691. The molecule has 3 aromatic rings. The van der Waals surface area contributed by atoms with Gasteiger partial charge < -0.3 is 14.6 Å². The molecule has 1 aliphatic heterocycles. The van der Waals surface area contributed by atoms with Gasteiger partial charge in [0.25, 0.3) is 0 Å². The van der Waals surface area contributed by atoms with Crippen molar-refractivity contribution < 1.29 is 9.90 Å². The number of halogens is 1. The summed E-state index contributed by atoms with van der Waals surface area (Å²) in [7, 11) is 0. The number of imidazole rings is 1. The fourth-order valence-electron chi connectivity index (χ4n) is 3.66. The van der Waals surface area contributed by atoms with E-state index in [0.717, 1.165) is 43.9 Å². The Morgan fingerprint density at radius 2 is 2.18 bits per heavy atom. The van der Waals surface area contributed by atoms with Gasteiger partial charge in [0, 0.05) is 43.8 Å². The molecule has 0 amide bonds. The molecule has 0 aromatic carbocycles. The lowest BCUT2D eigenvalue weighted by Gasteiger charge is -2.33. The van der Waals surface area contributed by atoms with E-state index in [4.69, 9.17) is 11.6 Å². The average Bonchev–Trinajstić information content (AvgIpc) is 3.17. The van der Waals surface area contributed by atoms with E-state index in [-0.39, 0.29) is 16.6 Å². The van der Waals surface area contributed by atoms with Crippen LogP contribution >= 0.6 is 11.6 Å². The maximum Gasteiger partial charge on any atom is 0.356 e. The molecule has 4 heterocycles. The van der Waals surface area contributed by atoms with E-state index < -0.39 is 5.97 Å². The van der Waals surface area contributed by atoms with Crippen LogP contribution in [0.5, 0.6) is 0 Å². The summed E-state index contributed by atoms with van der Waals surface area (Å²) < 4.78 is 2.16. The van der Waals surface area contributed by atoms with Gasteiger partial charge in [-0.25, -0.2) is 14.8 Å². The number of hydrogen-bond acceptors (Lipinski definition) is 5. The summed E-state index contributed by atoms with van der Waals surface area (Å²) in [5.41, 5.74) is 1.01. The van der Waals surface area contributed by atoms with E-state index in [1.807, 2.05) is 24.7 Å². The summed E-state index contributed by atoms with van der Waals surface area (Å²) in [5.74, 6) is 0.788. The third kappa shape index (κ3) is 3.84. The molecule has 1 fully saturated rings. The van der Waals surface area contributed by atoms with Crippen LogP contribution < -0.4 is 4.90 Å². The molecule has 144 valence electrons. The monoisotopic (exact) mass is 397 g/mol. The highest BCUT2D eigenvalue weighted by Gasteiger charge is 2.26. The van der Waals surface area contributed by atoms with Gasteiger partial charge in [-0.3, -0.25) is 4.98 Å².